The van der Waals surface area contributed by atoms with Gasteiger partial charge in [-0.3, -0.25) is 4.79 Å². The van der Waals surface area contributed by atoms with Crippen molar-refractivity contribution in [3.63, 3.8) is 0 Å². The zero-order valence-electron chi connectivity index (χ0n) is 21.6. The lowest BCUT2D eigenvalue weighted by Crippen LogP contribution is -2.44. The number of piperidine rings is 1. The number of hydrogen-bond donors (Lipinski definition) is 1. The summed E-state index contributed by atoms with van der Waals surface area (Å²) in [6.45, 7) is 4.45. The van der Waals surface area contributed by atoms with E-state index in [2.05, 4.69) is 16.5 Å². The van der Waals surface area contributed by atoms with E-state index in [1.807, 2.05) is 77.1 Å². The average molecular weight is 510 g/mol. The molecule has 3 unspecified atom stereocenters. The molecule has 3 heterocycles. The number of likely N-dealkylation sites (tertiary alicyclic amines) is 1. The van der Waals surface area contributed by atoms with Gasteiger partial charge in [0.05, 0.1) is 17.5 Å². The fourth-order valence-electron chi connectivity index (χ4n) is 5.88. The van der Waals surface area contributed by atoms with Crippen LogP contribution in [0.3, 0.4) is 0 Å². The molecule has 2 N–H and O–H groups in total. The Kier molecular flexibility index (Phi) is 5.98. The molecular weight excluding hydrogens is 478 g/mol. The lowest BCUT2D eigenvalue weighted by Gasteiger charge is -2.34. The third-order valence-corrected chi connectivity index (χ3v) is 7.76. The maximum atomic E-state index is 12.6. The Bertz CT molecular complexity index is 1510. The molecule has 9 nitrogen and oxygen atoms in total. The molecule has 2 fully saturated rings. The van der Waals surface area contributed by atoms with Gasteiger partial charge in [0, 0.05) is 38.0 Å². The van der Waals surface area contributed by atoms with Crippen LogP contribution in [-0.4, -0.2) is 57.2 Å². The number of nitrogen functional groups attached to an aromatic ring is 1. The van der Waals surface area contributed by atoms with Crippen molar-refractivity contribution in [1.29, 1.82) is 0 Å². The van der Waals surface area contributed by atoms with Crippen LogP contribution in [0.5, 0.6) is 11.5 Å². The Morgan fingerprint density at radius 3 is 2.66 bits per heavy atom. The second kappa shape index (κ2) is 9.48. The van der Waals surface area contributed by atoms with Crippen LogP contribution in [-0.2, 0) is 4.79 Å². The summed E-state index contributed by atoms with van der Waals surface area (Å²) in [5, 5.41) is 5.78. The van der Waals surface area contributed by atoms with Gasteiger partial charge in [-0.25, -0.2) is 14.6 Å². The molecule has 2 aromatic heterocycles. The topological polar surface area (TPSA) is 102 Å². The van der Waals surface area contributed by atoms with E-state index in [0.29, 0.717) is 17.4 Å². The predicted octanol–water partition coefficient (Wildman–Crippen LogP) is 4.67. The van der Waals surface area contributed by atoms with Crippen molar-refractivity contribution in [2.75, 3.05) is 31.3 Å². The van der Waals surface area contributed by atoms with Crippen molar-refractivity contribution in [3.8, 4) is 22.8 Å². The summed E-state index contributed by atoms with van der Waals surface area (Å²) < 4.78 is 8.07. The number of rotatable bonds is 6. The molecule has 2 aromatic carbocycles. The van der Waals surface area contributed by atoms with E-state index >= 15 is 0 Å². The summed E-state index contributed by atoms with van der Waals surface area (Å²) in [6.07, 6.45) is 5.79. The molecule has 1 amide bonds. The third-order valence-electron chi connectivity index (χ3n) is 7.76. The van der Waals surface area contributed by atoms with E-state index in [-0.39, 0.29) is 18.0 Å². The molecule has 6 rings (SSSR count). The van der Waals surface area contributed by atoms with Crippen molar-refractivity contribution in [1.82, 2.24) is 24.6 Å². The van der Waals surface area contributed by atoms with Gasteiger partial charge in [0.2, 0.25) is 5.91 Å². The molecule has 2 aliphatic rings. The number of hydrogen-bond acceptors (Lipinski definition) is 7. The Morgan fingerprint density at radius 1 is 1.11 bits per heavy atom. The zero-order valence-corrected chi connectivity index (χ0v) is 21.6. The van der Waals surface area contributed by atoms with Gasteiger partial charge >= 0.3 is 0 Å². The minimum absolute atomic E-state index is 0.0172. The molecule has 1 aliphatic carbocycles. The summed E-state index contributed by atoms with van der Waals surface area (Å²) in [6, 6.07) is 15.8. The van der Waals surface area contributed by atoms with Crippen LogP contribution in [0.1, 0.15) is 25.3 Å². The maximum absolute atomic E-state index is 12.6. The lowest BCUT2D eigenvalue weighted by atomic mass is 9.99. The number of fused-ring (bicyclic) bond motifs is 3. The molecular formula is C29H31N7O2. The highest BCUT2D eigenvalue weighted by Crippen LogP contribution is 2.45. The van der Waals surface area contributed by atoms with E-state index in [1.165, 1.54) is 12.4 Å². The van der Waals surface area contributed by atoms with Crippen molar-refractivity contribution < 1.29 is 9.53 Å². The molecule has 2 bridgehead atoms. The fourth-order valence-corrected chi connectivity index (χ4v) is 5.88. The second-order valence-corrected chi connectivity index (χ2v) is 10.3. The number of ether oxygens (including phenoxy) is 1. The minimum atomic E-state index is -0.0297. The SMILES string of the molecule is C=CC(=O)N1CCC2CC1C(n1nc(-c3ccc(Oc4cccc(N(C)C)c4)cc3)c3c(N)ncnc31)C2. The van der Waals surface area contributed by atoms with Gasteiger partial charge in [0.15, 0.2) is 5.65 Å². The first-order valence-corrected chi connectivity index (χ1v) is 12.9. The van der Waals surface area contributed by atoms with Crippen LogP contribution in [0, 0.1) is 5.92 Å². The highest BCUT2D eigenvalue weighted by Gasteiger charge is 2.45. The number of nitrogens with zero attached hydrogens (tertiary/aromatic N) is 6. The largest absolute Gasteiger partial charge is 0.457 e. The Morgan fingerprint density at radius 2 is 1.89 bits per heavy atom. The highest BCUT2D eigenvalue weighted by atomic mass is 16.5. The van der Waals surface area contributed by atoms with Crippen molar-refractivity contribution in [2.45, 2.75) is 31.3 Å². The number of anilines is 2. The number of carbonyl (C=O) groups is 1. The van der Waals surface area contributed by atoms with Gasteiger partial charge in [-0.2, -0.15) is 5.10 Å². The first-order valence-electron chi connectivity index (χ1n) is 12.9. The first kappa shape index (κ1) is 24.0. The van der Waals surface area contributed by atoms with Crippen LogP contribution in [0.2, 0.25) is 0 Å². The highest BCUT2D eigenvalue weighted by molar-refractivity contribution is 5.98. The van der Waals surface area contributed by atoms with Crippen LogP contribution in [0.25, 0.3) is 22.3 Å². The minimum Gasteiger partial charge on any atom is -0.457 e. The van der Waals surface area contributed by atoms with E-state index in [0.717, 1.165) is 59.6 Å². The molecule has 1 saturated heterocycles. The monoisotopic (exact) mass is 509 g/mol. The zero-order chi connectivity index (χ0) is 26.4. The smallest absolute Gasteiger partial charge is 0.246 e. The number of benzene rings is 2. The predicted molar refractivity (Wildman–Crippen MR) is 148 cm³/mol. The fraction of sp³-hybridized carbons (Fsp3) is 0.310. The number of aromatic nitrogens is 4. The van der Waals surface area contributed by atoms with E-state index in [1.54, 1.807) is 0 Å². The lowest BCUT2D eigenvalue weighted by molar-refractivity contribution is -0.129. The summed E-state index contributed by atoms with van der Waals surface area (Å²) >= 11 is 0. The molecule has 194 valence electrons. The molecule has 3 atom stereocenters. The average Bonchev–Trinajstić information content (AvgIpc) is 3.47. The summed E-state index contributed by atoms with van der Waals surface area (Å²) in [7, 11) is 4.00. The van der Waals surface area contributed by atoms with Gasteiger partial charge in [-0.1, -0.05) is 12.6 Å². The molecule has 9 heteroatoms. The van der Waals surface area contributed by atoms with Gasteiger partial charge in [0.1, 0.15) is 29.3 Å². The van der Waals surface area contributed by atoms with Crippen LogP contribution < -0.4 is 15.4 Å². The summed E-state index contributed by atoms with van der Waals surface area (Å²) in [5.74, 6) is 2.40. The number of carbonyl (C=O) groups excluding carboxylic acids is 1. The van der Waals surface area contributed by atoms with E-state index < -0.39 is 0 Å². The normalized spacial score (nSPS) is 20.5. The molecule has 0 spiro atoms. The van der Waals surface area contributed by atoms with Gasteiger partial charge in [-0.05, 0) is 67.7 Å². The van der Waals surface area contributed by atoms with E-state index in [4.69, 9.17) is 15.6 Å². The van der Waals surface area contributed by atoms with Crippen molar-refractivity contribution in [3.05, 3.63) is 67.5 Å². The Hall–Kier alpha value is -4.40. The van der Waals surface area contributed by atoms with Gasteiger partial charge in [0.25, 0.3) is 0 Å². The molecule has 38 heavy (non-hydrogen) atoms. The van der Waals surface area contributed by atoms with Crippen LogP contribution in [0.4, 0.5) is 11.5 Å². The maximum Gasteiger partial charge on any atom is 0.246 e. The van der Waals surface area contributed by atoms with Crippen molar-refractivity contribution in [2.24, 2.45) is 5.92 Å². The second-order valence-electron chi connectivity index (χ2n) is 10.3. The number of nitrogens with two attached hydrogens (primary N) is 1. The van der Waals surface area contributed by atoms with Gasteiger partial charge < -0.3 is 20.3 Å². The number of amides is 1. The van der Waals surface area contributed by atoms with Gasteiger partial charge in [-0.15, -0.1) is 0 Å². The first-order chi connectivity index (χ1) is 18.4. The summed E-state index contributed by atoms with van der Waals surface area (Å²) in [4.78, 5) is 25.4. The van der Waals surface area contributed by atoms with Crippen LogP contribution in [0.15, 0.2) is 67.5 Å². The Labute approximate surface area is 221 Å². The van der Waals surface area contributed by atoms with E-state index in [9.17, 15) is 4.79 Å². The molecule has 4 aromatic rings. The molecule has 1 aliphatic heterocycles. The Balaban J connectivity index is 1.35. The third kappa shape index (κ3) is 4.13. The molecule has 1 saturated carbocycles. The van der Waals surface area contributed by atoms with Crippen molar-refractivity contribution >= 4 is 28.4 Å². The van der Waals surface area contributed by atoms with Crippen LogP contribution >= 0.6 is 0 Å². The summed E-state index contributed by atoms with van der Waals surface area (Å²) in [5.41, 5.74) is 9.75. The standard InChI is InChI=1S/C29H31N7O2/c1-4-25(37)35-13-12-18-14-23(35)24(15-18)36-29-26(28(30)31-17-32-29)27(33-36)19-8-10-21(11-9-19)38-22-7-5-6-20(16-22)34(2)3/h4-11,16-18,23-24H,1,12-15H2,2-3H3,(H2,30,31,32). The molecule has 0 radical (unpaired) electrons. The quantitative estimate of drug-likeness (QED) is 0.377.